The lowest BCUT2D eigenvalue weighted by atomic mass is 10.1. The summed E-state index contributed by atoms with van der Waals surface area (Å²) in [6.45, 7) is 2.54. The highest BCUT2D eigenvalue weighted by Gasteiger charge is 2.28. The van der Waals surface area contributed by atoms with Gasteiger partial charge in [0.05, 0.1) is 13.2 Å². The third-order valence-electron chi connectivity index (χ3n) is 9.68. The molecule has 3 atom stereocenters. The van der Waals surface area contributed by atoms with E-state index in [4.69, 9.17) is 13.8 Å². The highest BCUT2D eigenvalue weighted by Crippen LogP contribution is 2.43. The van der Waals surface area contributed by atoms with Crippen molar-refractivity contribution in [1.29, 1.82) is 0 Å². The zero-order valence-corrected chi connectivity index (χ0v) is 36.8. The van der Waals surface area contributed by atoms with Gasteiger partial charge in [-0.25, -0.2) is 9.36 Å². The molecule has 11 nitrogen and oxygen atoms in total. The van der Waals surface area contributed by atoms with Gasteiger partial charge in [0.1, 0.15) is 12.7 Å². The molecule has 0 bridgehead atoms. The minimum Gasteiger partial charge on any atom is -0.480 e. The van der Waals surface area contributed by atoms with E-state index in [9.17, 15) is 34.1 Å². The minimum atomic E-state index is -4.75. The second-order valence-corrected chi connectivity index (χ2v) is 16.7. The van der Waals surface area contributed by atoms with E-state index in [0.29, 0.717) is 12.8 Å². The average Bonchev–Trinajstić information content (AvgIpc) is 3.18. The fourth-order valence-corrected chi connectivity index (χ4v) is 6.92. The molecule has 0 heterocycles. The summed E-state index contributed by atoms with van der Waals surface area (Å²) in [4.78, 5) is 45.8. The van der Waals surface area contributed by atoms with E-state index in [-0.39, 0.29) is 12.8 Å². The molecule has 0 aliphatic carbocycles. The number of aliphatic carboxylic acids is 1. The summed E-state index contributed by atoms with van der Waals surface area (Å²) in [5, 5.41) is 21.8. The Morgan fingerprint density at radius 3 is 1.47 bits per heavy atom. The van der Waals surface area contributed by atoms with Crippen LogP contribution >= 0.6 is 7.82 Å². The maximum atomic E-state index is 12.2. The molecule has 0 radical (unpaired) electrons. The number of ether oxygens (including phenoxy) is 1. The molecule has 332 valence electrons. The van der Waals surface area contributed by atoms with Crippen molar-refractivity contribution >= 4 is 25.7 Å². The number of carbonyl (C=O) groups excluding carboxylic acids is 2. The highest BCUT2D eigenvalue weighted by molar-refractivity contribution is 7.47. The fourth-order valence-electron chi connectivity index (χ4n) is 6.15. The zero-order chi connectivity index (χ0) is 42.1. The standard InChI is InChI=1S/C45H82NO10P/c1-3-5-7-9-11-13-15-16-17-18-19-20-21-22-23-24-25-26-27-29-31-33-35-37-44(49)54-38-41(47)39-55-57(52,53)56-40-42(45(50)51)46-43(48)36-34-32-30-28-14-12-10-8-6-4-2/h11,13,16-17,19-20,41-42,47H,3-10,12,14-15,18,21-40H2,1-2H3,(H,46,48)(H,50,51)(H,52,53)/b13-11-,17-16-,20-19-. The van der Waals surface area contributed by atoms with Crippen LogP contribution in [0.5, 0.6) is 0 Å². The summed E-state index contributed by atoms with van der Waals surface area (Å²) in [5.41, 5.74) is 0. The summed E-state index contributed by atoms with van der Waals surface area (Å²) in [5.74, 6) is -2.37. The van der Waals surface area contributed by atoms with Crippen molar-refractivity contribution in [3.05, 3.63) is 36.5 Å². The number of amides is 1. The van der Waals surface area contributed by atoms with Crippen LogP contribution in [0.2, 0.25) is 0 Å². The summed E-state index contributed by atoms with van der Waals surface area (Å²) in [7, 11) is -4.75. The lowest BCUT2D eigenvalue weighted by molar-refractivity contribution is -0.147. The molecular formula is C45H82NO10P. The van der Waals surface area contributed by atoms with Gasteiger partial charge in [0.15, 0.2) is 6.04 Å². The Hall–Kier alpha value is -2.30. The molecule has 0 aliphatic heterocycles. The van der Waals surface area contributed by atoms with Crippen LogP contribution in [-0.4, -0.2) is 64.9 Å². The van der Waals surface area contributed by atoms with Gasteiger partial charge < -0.3 is 25.2 Å². The van der Waals surface area contributed by atoms with E-state index >= 15 is 0 Å². The Kier molecular flexibility index (Phi) is 38.8. The molecule has 0 aromatic carbocycles. The maximum absolute atomic E-state index is 12.2. The molecule has 12 heteroatoms. The van der Waals surface area contributed by atoms with E-state index in [0.717, 1.165) is 57.8 Å². The second-order valence-electron chi connectivity index (χ2n) is 15.2. The number of hydrogen-bond donors (Lipinski definition) is 4. The van der Waals surface area contributed by atoms with Gasteiger partial charge in [-0.1, -0.05) is 172 Å². The zero-order valence-electron chi connectivity index (χ0n) is 35.9. The molecule has 0 saturated heterocycles. The summed E-state index contributed by atoms with van der Waals surface area (Å²) < 4.78 is 26.8. The van der Waals surface area contributed by atoms with Crippen LogP contribution in [0.4, 0.5) is 0 Å². The number of aliphatic hydroxyl groups excluding tert-OH is 1. The largest absolute Gasteiger partial charge is 0.480 e. The van der Waals surface area contributed by atoms with Gasteiger partial charge in [0.2, 0.25) is 5.91 Å². The minimum absolute atomic E-state index is 0.147. The quantitative estimate of drug-likeness (QED) is 0.0201. The predicted octanol–water partition coefficient (Wildman–Crippen LogP) is 11.6. The van der Waals surface area contributed by atoms with E-state index in [1.807, 2.05) is 0 Å². The van der Waals surface area contributed by atoms with E-state index in [1.54, 1.807) is 0 Å². The molecule has 0 aromatic rings. The van der Waals surface area contributed by atoms with Gasteiger partial charge in [-0.15, -0.1) is 0 Å². The van der Waals surface area contributed by atoms with Crippen LogP contribution in [0.3, 0.4) is 0 Å². The Labute approximate surface area is 346 Å². The number of nitrogens with one attached hydrogen (secondary N) is 1. The lowest BCUT2D eigenvalue weighted by Crippen LogP contribution is -2.43. The van der Waals surface area contributed by atoms with Gasteiger partial charge in [-0.05, 0) is 51.4 Å². The third-order valence-corrected chi connectivity index (χ3v) is 10.6. The van der Waals surface area contributed by atoms with Crippen LogP contribution in [-0.2, 0) is 32.7 Å². The fraction of sp³-hybridized carbons (Fsp3) is 0.800. The molecule has 0 saturated carbocycles. The molecule has 0 rings (SSSR count). The number of rotatable bonds is 42. The number of aliphatic hydroxyl groups is 1. The summed E-state index contributed by atoms with van der Waals surface area (Å²) >= 11 is 0. The Morgan fingerprint density at radius 1 is 0.561 bits per heavy atom. The van der Waals surface area contributed by atoms with E-state index < -0.39 is 57.6 Å². The van der Waals surface area contributed by atoms with Gasteiger partial charge in [0.25, 0.3) is 0 Å². The first kappa shape index (κ1) is 54.7. The van der Waals surface area contributed by atoms with E-state index in [1.165, 1.54) is 103 Å². The molecule has 1 amide bonds. The second kappa shape index (κ2) is 40.5. The van der Waals surface area contributed by atoms with Crippen LogP contribution in [0.15, 0.2) is 36.5 Å². The van der Waals surface area contributed by atoms with E-state index in [2.05, 4.69) is 55.6 Å². The van der Waals surface area contributed by atoms with Crippen molar-refractivity contribution < 1.29 is 47.8 Å². The molecule has 4 N–H and O–H groups in total. The number of phosphoric acid groups is 1. The lowest BCUT2D eigenvalue weighted by Gasteiger charge is -2.18. The Balaban J connectivity index is 3.82. The van der Waals surface area contributed by atoms with Crippen LogP contribution in [0.1, 0.15) is 200 Å². The number of hydrogen-bond acceptors (Lipinski definition) is 8. The number of carbonyl (C=O) groups is 3. The first-order valence-corrected chi connectivity index (χ1v) is 24.0. The van der Waals surface area contributed by atoms with Gasteiger partial charge in [-0.3, -0.25) is 18.6 Å². The molecule has 0 fully saturated rings. The molecule has 0 aromatic heterocycles. The maximum Gasteiger partial charge on any atom is 0.472 e. The van der Waals surface area contributed by atoms with Gasteiger partial charge in [0, 0.05) is 12.8 Å². The average molecular weight is 828 g/mol. The number of unbranched alkanes of at least 4 members (excludes halogenated alkanes) is 22. The summed E-state index contributed by atoms with van der Waals surface area (Å²) in [6.07, 6.45) is 43.2. The monoisotopic (exact) mass is 828 g/mol. The molecule has 3 unspecified atom stereocenters. The van der Waals surface area contributed by atoms with Gasteiger partial charge in [-0.2, -0.15) is 0 Å². The van der Waals surface area contributed by atoms with Crippen molar-refractivity contribution in [2.75, 3.05) is 19.8 Å². The summed E-state index contributed by atoms with van der Waals surface area (Å²) in [6, 6.07) is -1.54. The van der Waals surface area contributed by atoms with Crippen molar-refractivity contribution in [3.8, 4) is 0 Å². The first-order chi connectivity index (χ1) is 27.6. The first-order valence-electron chi connectivity index (χ1n) is 22.5. The van der Waals surface area contributed by atoms with Crippen molar-refractivity contribution in [1.82, 2.24) is 5.32 Å². The Bertz CT molecular complexity index is 1110. The molecule has 57 heavy (non-hydrogen) atoms. The number of phosphoric ester groups is 1. The third kappa shape index (κ3) is 40.3. The molecular weight excluding hydrogens is 745 g/mol. The van der Waals surface area contributed by atoms with Crippen LogP contribution in [0.25, 0.3) is 0 Å². The number of carboxylic acid groups (broad SMARTS) is 1. The van der Waals surface area contributed by atoms with Crippen LogP contribution in [0, 0.1) is 0 Å². The number of allylic oxidation sites excluding steroid dienone is 6. The smallest absolute Gasteiger partial charge is 0.472 e. The molecule has 0 aliphatic rings. The van der Waals surface area contributed by atoms with Crippen molar-refractivity contribution in [2.24, 2.45) is 0 Å². The van der Waals surface area contributed by atoms with Crippen molar-refractivity contribution in [3.63, 3.8) is 0 Å². The highest BCUT2D eigenvalue weighted by atomic mass is 31.2. The normalized spacial score (nSPS) is 14.0. The van der Waals surface area contributed by atoms with Crippen LogP contribution < -0.4 is 5.32 Å². The van der Waals surface area contributed by atoms with Crippen molar-refractivity contribution in [2.45, 2.75) is 212 Å². The predicted molar refractivity (Wildman–Crippen MR) is 231 cm³/mol. The van der Waals surface area contributed by atoms with Gasteiger partial charge >= 0.3 is 19.8 Å². The number of esters is 1. The molecule has 0 spiro atoms. The number of carboxylic acids is 1. The SMILES string of the molecule is CCCCC/C=C\C/C=C\C/C=C\CCCCCCCCCCCCC(=O)OCC(O)COP(=O)(O)OCC(NC(=O)CCCCCCCCCCCC)C(=O)O. The Morgan fingerprint density at radius 2 is 0.965 bits per heavy atom. The topological polar surface area (TPSA) is 169 Å².